The third kappa shape index (κ3) is 2.82. The normalized spacial score (nSPS) is 17.0. The smallest absolute Gasteiger partial charge is 0.230 e. The minimum absolute atomic E-state index is 0.00639. The van der Waals surface area contributed by atoms with Gasteiger partial charge in [-0.05, 0) is 26.7 Å². The molecule has 0 aliphatic heterocycles. The predicted octanol–water partition coefficient (Wildman–Crippen LogP) is 1.76. The first-order valence-electron chi connectivity index (χ1n) is 5.44. The number of hydrogen-bond acceptors (Lipinski definition) is 2. The van der Waals surface area contributed by atoms with Crippen LogP contribution in [-0.4, -0.2) is 29.2 Å². The first-order chi connectivity index (χ1) is 6.65. The lowest BCUT2D eigenvalue weighted by Gasteiger charge is -2.27. The summed E-state index contributed by atoms with van der Waals surface area (Å²) in [6.07, 6.45) is 4.72. The number of ketones is 1. The van der Waals surface area contributed by atoms with Gasteiger partial charge in [-0.25, -0.2) is 0 Å². The van der Waals surface area contributed by atoms with E-state index in [1.807, 2.05) is 11.8 Å². The van der Waals surface area contributed by atoms with Gasteiger partial charge in [0.15, 0.2) is 0 Å². The molecule has 0 saturated heterocycles. The van der Waals surface area contributed by atoms with E-state index in [1.54, 1.807) is 0 Å². The maximum Gasteiger partial charge on any atom is 0.230 e. The molecule has 1 amide bonds. The first-order valence-corrected chi connectivity index (χ1v) is 5.44. The monoisotopic (exact) mass is 197 g/mol. The van der Waals surface area contributed by atoms with Crippen molar-refractivity contribution in [3.63, 3.8) is 0 Å². The second-order valence-corrected chi connectivity index (χ2v) is 4.00. The Labute approximate surface area is 85.5 Å². The Morgan fingerprint density at radius 2 is 1.86 bits per heavy atom. The molecule has 0 unspecified atom stereocenters. The molecule has 0 bridgehead atoms. The molecule has 0 N–H and O–H groups in total. The Kier molecular flexibility index (Phi) is 4.11. The van der Waals surface area contributed by atoms with Gasteiger partial charge in [0.2, 0.25) is 5.91 Å². The average molecular weight is 197 g/mol. The summed E-state index contributed by atoms with van der Waals surface area (Å²) in [5.74, 6) is -0.0293. The highest BCUT2D eigenvalue weighted by Gasteiger charge is 2.25. The van der Waals surface area contributed by atoms with Crippen LogP contribution in [0.4, 0.5) is 0 Å². The standard InChI is InChI=1S/C11H19NO2/c1-3-12(10-6-4-5-7-10)11(14)8-9(2)13/h10H,3-8H2,1-2H3. The van der Waals surface area contributed by atoms with Crippen LogP contribution in [0.3, 0.4) is 0 Å². The first kappa shape index (κ1) is 11.2. The van der Waals surface area contributed by atoms with Crippen molar-refractivity contribution in [3.8, 4) is 0 Å². The van der Waals surface area contributed by atoms with E-state index >= 15 is 0 Å². The maximum absolute atomic E-state index is 11.7. The lowest BCUT2D eigenvalue weighted by molar-refractivity contribution is -0.136. The van der Waals surface area contributed by atoms with Crippen LogP contribution in [0.1, 0.15) is 46.0 Å². The minimum atomic E-state index is -0.0357. The molecule has 1 rings (SSSR count). The highest BCUT2D eigenvalue weighted by atomic mass is 16.2. The van der Waals surface area contributed by atoms with Gasteiger partial charge in [0.1, 0.15) is 5.78 Å². The molecule has 0 aromatic rings. The zero-order chi connectivity index (χ0) is 10.6. The van der Waals surface area contributed by atoms with E-state index < -0.39 is 0 Å². The number of nitrogens with zero attached hydrogens (tertiary/aromatic N) is 1. The van der Waals surface area contributed by atoms with E-state index in [1.165, 1.54) is 19.8 Å². The zero-order valence-corrected chi connectivity index (χ0v) is 9.08. The van der Waals surface area contributed by atoms with E-state index in [0.717, 1.165) is 19.4 Å². The molecule has 0 aromatic heterocycles. The fourth-order valence-electron chi connectivity index (χ4n) is 2.17. The molecule has 1 saturated carbocycles. The summed E-state index contributed by atoms with van der Waals surface area (Å²) in [4.78, 5) is 24.4. The molecule has 0 aromatic carbocycles. The Balaban J connectivity index is 2.51. The number of hydrogen-bond donors (Lipinski definition) is 0. The van der Waals surface area contributed by atoms with Gasteiger partial charge in [0.05, 0.1) is 6.42 Å². The fraction of sp³-hybridized carbons (Fsp3) is 0.818. The molecule has 1 aliphatic rings. The van der Waals surface area contributed by atoms with Crippen LogP contribution in [0.2, 0.25) is 0 Å². The lowest BCUT2D eigenvalue weighted by atomic mass is 10.2. The third-order valence-electron chi connectivity index (χ3n) is 2.83. The molecule has 80 valence electrons. The van der Waals surface area contributed by atoms with Crippen LogP contribution in [0.5, 0.6) is 0 Å². The number of carbonyl (C=O) groups is 2. The molecule has 0 heterocycles. The van der Waals surface area contributed by atoms with E-state index in [4.69, 9.17) is 0 Å². The SMILES string of the molecule is CCN(C(=O)CC(C)=O)C1CCCC1. The van der Waals surface area contributed by atoms with Crippen LogP contribution in [0, 0.1) is 0 Å². The van der Waals surface area contributed by atoms with Crippen LogP contribution in [0.25, 0.3) is 0 Å². The molecular weight excluding hydrogens is 178 g/mol. The highest BCUT2D eigenvalue weighted by Crippen LogP contribution is 2.23. The molecule has 1 fully saturated rings. The number of Topliss-reactive ketones (excluding diaryl/α,β-unsaturated/α-hetero) is 1. The van der Waals surface area contributed by atoms with Gasteiger partial charge in [-0.2, -0.15) is 0 Å². The summed E-state index contributed by atoms with van der Waals surface area (Å²) in [7, 11) is 0. The molecule has 3 nitrogen and oxygen atoms in total. The van der Waals surface area contributed by atoms with Crippen LogP contribution < -0.4 is 0 Å². The van der Waals surface area contributed by atoms with Gasteiger partial charge < -0.3 is 4.90 Å². The molecule has 1 aliphatic carbocycles. The molecular formula is C11H19NO2. The van der Waals surface area contributed by atoms with Crippen molar-refractivity contribution >= 4 is 11.7 Å². The van der Waals surface area contributed by atoms with Gasteiger partial charge in [-0.15, -0.1) is 0 Å². The molecule has 14 heavy (non-hydrogen) atoms. The van der Waals surface area contributed by atoms with Crippen LogP contribution in [-0.2, 0) is 9.59 Å². The second kappa shape index (κ2) is 5.13. The van der Waals surface area contributed by atoms with Crippen molar-refractivity contribution in [2.75, 3.05) is 6.54 Å². The Bertz CT molecular complexity index is 219. The van der Waals surface area contributed by atoms with Crippen molar-refractivity contribution < 1.29 is 9.59 Å². The lowest BCUT2D eigenvalue weighted by Crippen LogP contribution is -2.39. The Morgan fingerprint density at radius 1 is 1.29 bits per heavy atom. The van der Waals surface area contributed by atoms with Crippen molar-refractivity contribution in [2.45, 2.75) is 52.0 Å². The third-order valence-corrected chi connectivity index (χ3v) is 2.83. The summed E-state index contributed by atoms with van der Waals surface area (Å²) in [6, 6.07) is 0.395. The minimum Gasteiger partial charge on any atom is -0.340 e. The van der Waals surface area contributed by atoms with Crippen molar-refractivity contribution in [3.05, 3.63) is 0 Å². The number of rotatable bonds is 4. The van der Waals surface area contributed by atoms with Crippen molar-refractivity contribution in [1.29, 1.82) is 0 Å². The summed E-state index contributed by atoms with van der Waals surface area (Å²) in [5.41, 5.74) is 0. The van der Waals surface area contributed by atoms with E-state index in [-0.39, 0.29) is 18.1 Å². The highest BCUT2D eigenvalue weighted by molar-refractivity contribution is 5.96. The predicted molar refractivity (Wildman–Crippen MR) is 54.9 cm³/mol. The summed E-state index contributed by atoms with van der Waals surface area (Å²) < 4.78 is 0. The second-order valence-electron chi connectivity index (χ2n) is 4.00. The van der Waals surface area contributed by atoms with Gasteiger partial charge >= 0.3 is 0 Å². The number of amides is 1. The van der Waals surface area contributed by atoms with Crippen LogP contribution in [0.15, 0.2) is 0 Å². The summed E-state index contributed by atoms with van der Waals surface area (Å²) in [5, 5.41) is 0. The Hall–Kier alpha value is -0.860. The topological polar surface area (TPSA) is 37.4 Å². The van der Waals surface area contributed by atoms with E-state index in [2.05, 4.69) is 0 Å². The molecule has 0 spiro atoms. The maximum atomic E-state index is 11.7. The summed E-state index contributed by atoms with van der Waals surface area (Å²) in [6.45, 7) is 4.19. The van der Waals surface area contributed by atoms with Gasteiger partial charge in [-0.3, -0.25) is 9.59 Å². The Morgan fingerprint density at radius 3 is 2.29 bits per heavy atom. The van der Waals surface area contributed by atoms with Gasteiger partial charge in [0, 0.05) is 12.6 Å². The quantitative estimate of drug-likeness (QED) is 0.644. The average Bonchev–Trinajstić information content (AvgIpc) is 2.57. The van der Waals surface area contributed by atoms with Crippen molar-refractivity contribution in [2.24, 2.45) is 0 Å². The zero-order valence-electron chi connectivity index (χ0n) is 9.08. The molecule has 0 radical (unpaired) electrons. The van der Waals surface area contributed by atoms with Gasteiger partial charge in [0.25, 0.3) is 0 Å². The van der Waals surface area contributed by atoms with Gasteiger partial charge in [-0.1, -0.05) is 12.8 Å². The summed E-state index contributed by atoms with van der Waals surface area (Å²) >= 11 is 0. The van der Waals surface area contributed by atoms with E-state index in [0.29, 0.717) is 6.04 Å². The van der Waals surface area contributed by atoms with E-state index in [9.17, 15) is 9.59 Å². The number of carbonyl (C=O) groups excluding carboxylic acids is 2. The fourth-order valence-corrected chi connectivity index (χ4v) is 2.17. The largest absolute Gasteiger partial charge is 0.340 e. The van der Waals surface area contributed by atoms with Crippen LogP contribution >= 0.6 is 0 Å². The van der Waals surface area contributed by atoms with Crippen molar-refractivity contribution in [1.82, 2.24) is 4.90 Å². The molecule has 3 heteroatoms. The molecule has 0 atom stereocenters.